The number of rotatable bonds is 6. The lowest BCUT2D eigenvalue weighted by Crippen LogP contribution is -2.23. The van der Waals surface area contributed by atoms with E-state index in [0.717, 1.165) is 43.4 Å². The highest BCUT2D eigenvalue weighted by atomic mass is 19.2. The summed E-state index contributed by atoms with van der Waals surface area (Å²) in [6.07, 6.45) is 4.50. The first-order valence-electron chi connectivity index (χ1n) is 9.83. The number of guanidine groups is 1. The summed E-state index contributed by atoms with van der Waals surface area (Å²) in [6.45, 7) is 0.216. The van der Waals surface area contributed by atoms with E-state index >= 15 is 0 Å². The van der Waals surface area contributed by atoms with Crippen molar-refractivity contribution in [1.29, 1.82) is 0 Å². The van der Waals surface area contributed by atoms with Crippen molar-refractivity contribution in [2.24, 2.45) is 16.5 Å². The van der Waals surface area contributed by atoms with E-state index in [2.05, 4.69) is 16.8 Å². The van der Waals surface area contributed by atoms with Crippen LogP contribution < -0.4 is 20.9 Å². The van der Waals surface area contributed by atoms with Crippen molar-refractivity contribution in [3.63, 3.8) is 0 Å². The number of hydrogen-bond acceptors (Lipinski definition) is 3. The van der Waals surface area contributed by atoms with Gasteiger partial charge in [0.1, 0.15) is 0 Å². The second-order valence-corrected chi connectivity index (χ2v) is 7.15. The van der Waals surface area contributed by atoms with Crippen LogP contribution in [-0.2, 0) is 0 Å². The van der Waals surface area contributed by atoms with Crippen LogP contribution in [0.1, 0.15) is 42.7 Å². The fourth-order valence-corrected chi connectivity index (χ4v) is 3.36. The summed E-state index contributed by atoms with van der Waals surface area (Å²) in [7, 11) is 1.59. The fraction of sp³-hybridized carbons (Fsp3) is 0.348. The topological polar surface area (TPSA) is 82.9 Å². The molecule has 1 aliphatic rings. The second kappa shape index (κ2) is 9.97. The second-order valence-electron chi connectivity index (χ2n) is 7.15. The lowest BCUT2D eigenvalue weighted by atomic mass is 9.98. The van der Waals surface area contributed by atoms with Crippen LogP contribution >= 0.6 is 0 Å². The molecule has 0 radical (unpaired) electrons. The van der Waals surface area contributed by atoms with Gasteiger partial charge < -0.3 is 20.9 Å². The van der Waals surface area contributed by atoms with Crippen LogP contribution in [-0.4, -0.2) is 25.7 Å². The molecule has 0 aliphatic heterocycles. The predicted molar refractivity (Wildman–Crippen MR) is 113 cm³/mol. The first kappa shape index (κ1) is 21.4. The largest absolute Gasteiger partial charge is 0.493 e. The van der Waals surface area contributed by atoms with Crippen LogP contribution in [0.25, 0.3) is 0 Å². The molecule has 2 aromatic rings. The summed E-state index contributed by atoms with van der Waals surface area (Å²) in [5.41, 5.74) is 12.2. The zero-order chi connectivity index (χ0) is 21.5. The zero-order valence-electron chi connectivity index (χ0n) is 16.8. The molecule has 1 aliphatic carbocycles. The van der Waals surface area contributed by atoms with Crippen molar-refractivity contribution in [2.75, 3.05) is 13.7 Å². The van der Waals surface area contributed by atoms with Gasteiger partial charge in [-0.15, -0.1) is 0 Å². The van der Waals surface area contributed by atoms with Crippen molar-refractivity contribution in [1.82, 2.24) is 0 Å². The summed E-state index contributed by atoms with van der Waals surface area (Å²) in [4.78, 5) is 4.08. The standard InChI is InChI=1S/C23H25F2N3O2/c1-29-21-11-9-16(13-22(21)30-18-4-2-3-5-18)17(14-28-23(26)27)8-6-15-7-10-19(24)20(25)12-15/h7,9-13,17-18H,2-5,14H2,1H3,(H4,26,27,28). The van der Waals surface area contributed by atoms with Gasteiger partial charge in [-0.3, -0.25) is 4.99 Å². The summed E-state index contributed by atoms with van der Waals surface area (Å²) in [5, 5.41) is 0. The quantitative estimate of drug-likeness (QED) is 0.430. The molecule has 4 N–H and O–H groups in total. The molecule has 0 amide bonds. The van der Waals surface area contributed by atoms with Crippen molar-refractivity contribution in [3.05, 3.63) is 59.2 Å². The van der Waals surface area contributed by atoms with Gasteiger partial charge in [-0.1, -0.05) is 17.9 Å². The normalized spacial score (nSPS) is 14.5. The van der Waals surface area contributed by atoms with Gasteiger partial charge in [0.05, 0.1) is 25.7 Å². The van der Waals surface area contributed by atoms with Crippen LogP contribution in [0.3, 0.4) is 0 Å². The van der Waals surface area contributed by atoms with Gasteiger partial charge in [0, 0.05) is 5.56 Å². The maximum atomic E-state index is 13.5. The molecular weight excluding hydrogens is 388 g/mol. The number of ether oxygens (including phenoxy) is 2. The van der Waals surface area contributed by atoms with E-state index in [1.807, 2.05) is 18.2 Å². The number of halogens is 2. The number of methoxy groups -OCH3 is 1. The Bertz CT molecular complexity index is 972. The average molecular weight is 413 g/mol. The molecule has 7 heteroatoms. The van der Waals surface area contributed by atoms with Crippen LogP contribution in [0.15, 0.2) is 41.4 Å². The summed E-state index contributed by atoms with van der Waals surface area (Å²) >= 11 is 0. The maximum absolute atomic E-state index is 13.5. The van der Waals surface area contributed by atoms with E-state index < -0.39 is 11.6 Å². The van der Waals surface area contributed by atoms with Crippen LogP contribution in [0.2, 0.25) is 0 Å². The van der Waals surface area contributed by atoms with Gasteiger partial charge in [-0.25, -0.2) is 8.78 Å². The summed E-state index contributed by atoms with van der Waals surface area (Å²) < 4.78 is 38.2. The molecular formula is C23H25F2N3O2. The molecule has 30 heavy (non-hydrogen) atoms. The molecule has 0 heterocycles. The first-order chi connectivity index (χ1) is 14.5. The van der Waals surface area contributed by atoms with Gasteiger partial charge in [0.25, 0.3) is 0 Å². The average Bonchev–Trinajstić information content (AvgIpc) is 3.23. The highest BCUT2D eigenvalue weighted by Crippen LogP contribution is 2.34. The van der Waals surface area contributed by atoms with E-state index in [0.29, 0.717) is 17.1 Å². The Balaban J connectivity index is 1.91. The minimum Gasteiger partial charge on any atom is -0.493 e. The number of aliphatic imine (C=N–C) groups is 1. The van der Waals surface area contributed by atoms with Crippen molar-refractivity contribution in [2.45, 2.75) is 37.7 Å². The Morgan fingerprint density at radius 1 is 1.10 bits per heavy atom. The van der Waals surface area contributed by atoms with Gasteiger partial charge >= 0.3 is 0 Å². The third-order valence-electron chi connectivity index (χ3n) is 4.95. The van der Waals surface area contributed by atoms with Gasteiger partial charge in [-0.05, 0) is 61.6 Å². The van der Waals surface area contributed by atoms with E-state index in [-0.39, 0.29) is 24.5 Å². The Morgan fingerprint density at radius 3 is 2.53 bits per heavy atom. The predicted octanol–water partition coefficient (Wildman–Crippen LogP) is 3.70. The highest BCUT2D eigenvalue weighted by molar-refractivity contribution is 5.75. The van der Waals surface area contributed by atoms with Gasteiger partial charge in [0.2, 0.25) is 0 Å². The lowest BCUT2D eigenvalue weighted by molar-refractivity contribution is 0.200. The molecule has 1 fully saturated rings. The Labute approximate surface area is 175 Å². The fourth-order valence-electron chi connectivity index (χ4n) is 3.36. The number of nitrogens with two attached hydrogens (primary N) is 2. The van der Waals surface area contributed by atoms with Crippen LogP contribution in [0.4, 0.5) is 8.78 Å². The molecule has 158 valence electrons. The molecule has 3 rings (SSSR count). The van der Waals surface area contributed by atoms with E-state index in [1.54, 1.807) is 7.11 Å². The van der Waals surface area contributed by atoms with E-state index in [1.165, 1.54) is 6.07 Å². The molecule has 2 aromatic carbocycles. The summed E-state index contributed by atoms with van der Waals surface area (Å²) in [5.74, 6) is 4.93. The molecule has 1 atom stereocenters. The van der Waals surface area contributed by atoms with Gasteiger partial charge in [-0.2, -0.15) is 0 Å². The number of hydrogen-bond donors (Lipinski definition) is 2. The minimum atomic E-state index is -0.945. The third kappa shape index (κ3) is 5.63. The maximum Gasteiger partial charge on any atom is 0.185 e. The van der Waals surface area contributed by atoms with Crippen molar-refractivity contribution < 1.29 is 18.3 Å². The molecule has 0 spiro atoms. The van der Waals surface area contributed by atoms with Crippen LogP contribution in [0.5, 0.6) is 11.5 Å². The Morgan fingerprint density at radius 2 is 1.87 bits per heavy atom. The molecule has 5 nitrogen and oxygen atoms in total. The van der Waals surface area contributed by atoms with E-state index in [9.17, 15) is 8.78 Å². The third-order valence-corrected chi connectivity index (χ3v) is 4.95. The first-order valence-corrected chi connectivity index (χ1v) is 9.83. The Kier molecular flexibility index (Phi) is 7.12. The van der Waals surface area contributed by atoms with Gasteiger partial charge in [0.15, 0.2) is 29.1 Å². The SMILES string of the molecule is COc1ccc(C(C#Cc2ccc(F)c(F)c2)CN=C(N)N)cc1OC1CCCC1. The lowest BCUT2D eigenvalue weighted by Gasteiger charge is -2.18. The van der Waals surface area contributed by atoms with Crippen molar-refractivity contribution in [3.8, 4) is 23.3 Å². The monoisotopic (exact) mass is 413 g/mol. The number of benzene rings is 2. The smallest absolute Gasteiger partial charge is 0.185 e. The minimum absolute atomic E-state index is 0.0504. The Hall–Kier alpha value is -3.27. The molecule has 0 saturated heterocycles. The molecule has 1 unspecified atom stereocenters. The van der Waals surface area contributed by atoms with Crippen molar-refractivity contribution >= 4 is 5.96 Å². The van der Waals surface area contributed by atoms with E-state index in [4.69, 9.17) is 20.9 Å². The zero-order valence-corrected chi connectivity index (χ0v) is 16.8. The number of nitrogens with zero attached hydrogens (tertiary/aromatic N) is 1. The molecule has 1 saturated carbocycles. The highest BCUT2D eigenvalue weighted by Gasteiger charge is 2.20. The molecule has 0 aromatic heterocycles. The summed E-state index contributed by atoms with van der Waals surface area (Å²) in [6, 6.07) is 9.10. The molecule has 0 bridgehead atoms. The van der Waals surface area contributed by atoms with Crippen LogP contribution in [0, 0.1) is 23.5 Å².